The van der Waals surface area contributed by atoms with Crippen molar-refractivity contribution in [3.63, 3.8) is 0 Å². The molecule has 0 unspecified atom stereocenters. The predicted molar refractivity (Wildman–Crippen MR) is 83.3 cm³/mol. The van der Waals surface area contributed by atoms with Crippen molar-refractivity contribution in [2.24, 2.45) is 0 Å². The lowest BCUT2D eigenvalue weighted by molar-refractivity contribution is -0.385. The minimum atomic E-state index is -0.541. The number of benzene rings is 1. The van der Waals surface area contributed by atoms with Gasteiger partial charge in [0.2, 0.25) is 5.82 Å². The molecule has 116 valence electrons. The minimum absolute atomic E-state index is 0.00490. The first kappa shape index (κ1) is 15.7. The van der Waals surface area contributed by atoms with Gasteiger partial charge in [-0.25, -0.2) is 4.98 Å². The number of anilines is 1. The van der Waals surface area contributed by atoms with Crippen molar-refractivity contribution in [3.05, 3.63) is 46.3 Å². The Labute approximate surface area is 128 Å². The third-order valence-corrected chi connectivity index (χ3v) is 2.94. The normalized spacial score (nSPS) is 10.5. The number of nitrogens with zero attached hydrogens (tertiary/aromatic N) is 3. The lowest BCUT2D eigenvalue weighted by Crippen LogP contribution is -2.13. The van der Waals surface area contributed by atoms with Gasteiger partial charge in [0, 0.05) is 6.04 Å². The first-order valence-electron chi connectivity index (χ1n) is 7.04. The molecule has 2 rings (SSSR count). The SMILES string of the molecule is CCc1ccc(Oc2ncnc(NC(C)C)c2[N+](=O)[O-])cc1. The molecular formula is C15H18N4O3. The molecule has 0 amide bonds. The van der Waals surface area contributed by atoms with Gasteiger partial charge in [0.15, 0.2) is 0 Å². The van der Waals surface area contributed by atoms with Gasteiger partial charge in [-0.05, 0) is 38.0 Å². The van der Waals surface area contributed by atoms with Gasteiger partial charge in [0.25, 0.3) is 0 Å². The highest BCUT2D eigenvalue weighted by molar-refractivity contribution is 5.62. The van der Waals surface area contributed by atoms with Crippen LogP contribution in [-0.4, -0.2) is 20.9 Å². The molecule has 0 aliphatic carbocycles. The zero-order chi connectivity index (χ0) is 16.1. The Balaban J connectivity index is 2.34. The fraction of sp³-hybridized carbons (Fsp3) is 0.333. The van der Waals surface area contributed by atoms with Crippen molar-refractivity contribution in [2.75, 3.05) is 5.32 Å². The second-order valence-electron chi connectivity index (χ2n) is 5.03. The predicted octanol–water partition coefficient (Wildman–Crippen LogP) is 3.56. The summed E-state index contributed by atoms with van der Waals surface area (Å²) in [6, 6.07) is 7.36. The van der Waals surface area contributed by atoms with Crippen LogP contribution in [0.2, 0.25) is 0 Å². The number of nitro groups is 1. The molecular weight excluding hydrogens is 284 g/mol. The van der Waals surface area contributed by atoms with Crippen LogP contribution in [0, 0.1) is 10.1 Å². The van der Waals surface area contributed by atoms with Crippen LogP contribution in [0.25, 0.3) is 0 Å². The van der Waals surface area contributed by atoms with Gasteiger partial charge in [0.1, 0.15) is 12.1 Å². The summed E-state index contributed by atoms with van der Waals surface area (Å²) in [5.41, 5.74) is 0.891. The van der Waals surface area contributed by atoms with E-state index in [0.29, 0.717) is 5.75 Å². The monoisotopic (exact) mass is 302 g/mol. The van der Waals surface area contributed by atoms with Crippen molar-refractivity contribution in [1.82, 2.24) is 9.97 Å². The molecule has 0 radical (unpaired) electrons. The van der Waals surface area contributed by atoms with Crippen LogP contribution in [0.5, 0.6) is 11.6 Å². The number of rotatable bonds is 6. The van der Waals surface area contributed by atoms with Crippen LogP contribution >= 0.6 is 0 Å². The highest BCUT2D eigenvalue weighted by Crippen LogP contribution is 2.34. The summed E-state index contributed by atoms with van der Waals surface area (Å²) in [5, 5.41) is 14.2. The van der Waals surface area contributed by atoms with Gasteiger partial charge in [0.05, 0.1) is 4.92 Å². The van der Waals surface area contributed by atoms with E-state index in [-0.39, 0.29) is 23.4 Å². The van der Waals surface area contributed by atoms with E-state index in [1.165, 1.54) is 6.33 Å². The van der Waals surface area contributed by atoms with Crippen LogP contribution in [-0.2, 0) is 6.42 Å². The Hall–Kier alpha value is -2.70. The van der Waals surface area contributed by atoms with Crippen LogP contribution < -0.4 is 10.1 Å². The maximum Gasteiger partial charge on any atom is 0.373 e. The molecule has 1 heterocycles. The van der Waals surface area contributed by atoms with Gasteiger partial charge < -0.3 is 10.1 Å². The van der Waals surface area contributed by atoms with Crippen LogP contribution in [0.4, 0.5) is 11.5 Å². The summed E-state index contributed by atoms with van der Waals surface area (Å²) in [6.07, 6.45) is 2.16. The largest absolute Gasteiger partial charge is 0.434 e. The molecule has 0 fully saturated rings. The number of hydrogen-bond donors (Lipinski definition) is 1. The lowest BCUT2D eigenvalue weighted by atomic mass is 10.2. The Kier molecular flexibility index (Phi) is 4.88. The van der Waals surface area contributed by atoms with E-state index in [0.717, 1.165) is 12.0 Å². The molecule has 0 aliphatic rings. The first-order chi connectivity index (χ1) is 10.5. The highest BCUT2D eigenvalue weighted by atomic mass is 16.6. The van der Waals surface area contributed by atoms with Crippen molar-refractivity contribution in [2.45, 2.75) is 33.2 Å². The lowest BCUT2D eigenvalue weighted by Gasteiger charge is -2.11. The summed E-state index contributed by atoms with van der Waals surface area (Å²) in [4.78, 5) is 18.6. The minimum Gasteiger partial charge on any atom is -0.434 e. The average Bonchev–Trinajstić information content (AvgIpc) is 2.47. The maximum atomic E-state index is 11.3. The molecule has 22 heavy (non-hydrogen) atoms. The van der Waals surface area contributed by atoms with E-state index < -0.39 is 4.92 Å². The fourth-order valence-corrected chi connectivity index (χ4v) is 1.89. The second-order valence-corrected chi connectivity index (χ2v) is 5.03. The standard InChI is InChI=1S/C15H18N4O3/c1-4-11-5-7-12(8-6-11)22-15-13(19(20)21)14(16-9-17-15)18-10(2)3/h5-10H,4H2,1-3H3,(H,16,17,18). The van der Waals surface area contributed by atoms with Crippen LogP contribution in [0.1, 0.15) is 26.3 Å². The molecule has 1 aromatic heterocycles. The van der Waals surface area contributed by atoms with Gasteiger partial charge in [-0.1, -0.05) is 19.1 Å². The summed E-state index contributed by atoms with van der Waals surface area (Å²) in [7, 11) is 0. The Bertz CT molecular complexity index is 656. The quantitative estimate of drug-likeness (QED) is 0.648. The molecule has 1 aromatic carbocycles. The van der Waals surface area contributed by atoms with E-state index in [1.807, 2.05) is 26.0 Å². The third-order valence-electron chi connectivity index (χ3n) is 2.94. The Morgan fingerprint density at radius 3 is 2.50 bits per heavy atom. The molecule has 2 aromatic rings. The van der Waals surface area contributed by atoms with Crippen molar-refractivity contribution in [1.29, 1.82) is 0 Å². The second kappa shape index (κ2) is 6.84. The zero-order valence-electron chi connectivity index (χ0n) is 12.7. The number of ether oxygens (including phenoxy) is 1. The number of aromatic nitrogens is 2. The van der Waals surface area contributed by atoms with Gasteiger partial charge >= 0.3 is 11.6 Å². The summed E-state index contributed by atoms with van der Waals surface area (Å²) in [5.74, 6) is 0.567. The van der Waals surface area contributed by atoms with Crippen LogP contribution in [0.3, 0.4) is 0 Å². The molecule has 7 nitrogen and oxygen atoms in total. The zero-order valence-corrected chi connectivity index (χ0v) is 12.7. The average molecular weight is 302 g/mol. The number of nitrogens with one attached hydrogen (secondary N) is 1. The number of aryl methyl sites for hydroxylation is 1. The van der Waals surface area contributed by atoms with Crippen molar-refractivity contribution in [3.8, 4) is 11.6 Å². The van der Waals surface area contributed by atoms with Gasteiger partial charge in [-0.3, -0.25) is 10.1 Å². The summed E-state index contributed by atoms with van der Waals surface area (Å²) in [6.45, 7) is 5.79. The first-order valence-corrected chi connectivity index (χ1v) is 7.04. The van der Waals surface area contributed by atoms with E-state index in [9.17, 15) is 10.1 Å². The third kappa shape index (κ3) is 3.69. The molecule has 0 atom stereocenters. The molecule has 0 saturated carbocycles. The van der Waals surface area contributed by atoms with Gasteiger partial charge in [-0.2, -0.15) is 4.98 Å². The highest BCUT2D eigenvalue weighted by Gasteiger charge is 2.25. The van der Waals surface area contributed by atoms with Gasteiger partial charge in [-0.15, -0.1) is 0 Å². The molecule has 0 saturated heterocycles. The fourth-order valence-electron chi connectivity index (χ4n) is 1.89. The Morgan fingerprint density at radius 2 is 1.95 bits per heavy atom. The summed E-state index contributed by atoms with van der Waals surface area (Å²) < 4.78 is 5.56. The molecule has 0 bridgehead atoms. The molecule has 0 spiro atoms. The molecule has 7 heteroatoms. The van der Waals surface area contributed by atoms with E-state index in [4.69, 9.17) is 4.74 Å². The number of hydrogen-bond acceptors (Lipinski definition) is 6. The maximum absolute atomic E-state index is 11.3. The molecule has 1 N–H and O–H groups in total. The topological polar surface area (TPSA) is 90.2 Å². The Morgan fingerprint density at radius 1 is 1.27 bits per heavy atom. The van der Waals surface area contributed by atoms with E-state index >= 15 is 0 Å². The van der Waals surface area contributed by atoms with Crippen LogP contribution in [0.15, 0.2) is 30.6 Å². The molecule has 0 aliphatic heterocycles. The smallest absolute Gasteiger partial charge is 0.373 e. The van der Waals surface area contributed by atoms with E-state index in [1.54, 1.807) is 12.1 Å². The van der Waals surface area contributed by atoms with E-state index in [2.05, 4.69) is 22.2 Å². The summed E-state index contributed by atoms with van der Waals surface area (Å²) >= 11 is 0. The van der Waals surface area contributed by atoms with Crippen molar-refractivity contribution < 1.29 is 9.66 Å². The van der Waals surface area contributed by atoms with Crippen molar-refractivity contribution >= 4 is 11.5 Å².